The zero-order valence-corrected chi connectivity index (χ0v) is 6.77. The summed E-state index contributed by atoms with van der Waals surface area (Å²) in [4.78, 5) is 9.35. The van der Waals surface area contributed by atoms with Crippen molar-refractivity contribution in [2.24, 2.45) is 0 Å². The van der Waals surface area contributed by atoms with Crippen LogP contribution < -0.4 is 0 Å². The van der Waals surface area contributed by atoms with Crippen LogP contribution in [0.5, 0.6) is 0 Å². The fourth-order valence-corrected chi connectivity index (χ4v) is 1.14. The van der Waals surface area contributed by atoms with Crippen LogP contribution in [-0.4, -0.2) is 6.79 Å². The number of hydrogen-bond donors (Lipinski definition) is 0. The third-order valence-electron chi connectivity index (χ3n) is 1.79. The Labute approximate surface area is 75.2 Å². The summed E-state index contributed by atoms with van der Waals surface area (Å²) in [7, 11) is 0. The molecular weight excluding hydrogens is 170 g/mol. The second-order valence-corrected chi connectivity index (χ2v) is 2.56. The van der Waals surface area contributed by atoms with Gasteiger partial charge in [0.05, 0.1) is 0 Å². The fourth-order valence-electron chi connectivity index (χ4n) is 1.14. The largest absolute Gasteiger partial charge is 0.317 e. The van der Waals surface area contributed by atoms with Crippen LogP contribution in [0.15, 0.2) is 30.3 Å². The van der Waals surface area contributed by atoms with E-state index in [9.17, 15) is 0 Å². The van der Waals surface area contributed by atoms with Crippen LogP contribution in [0.3, 0.4) is 0 Å². The van der Waals surface area contributed by atoms with Gasteiger partial charge in [0.15, 0.2) is 6.79 Å². The predicted octanol–water partition coefficient (Wildman–Crippen LogP) is 1.30. The minimum atomic E-state index is -1.39. The van der Waals surface area contributed by atoms with Crippen LogP contribution in [-0.2, 0) is 20.3 Å². The van der Waals surface area contributed by atoms with Gasteiger partial charge < -0.3 is 4.74 Å². The second kappa shape index (κ2) is 3.15. The molecular formula is C9H7NO3. The lowest BCUT2D eigenvalue weighted by Gasteiger charge is -2.15. The van der Waals surface area contributed by atoms with Crippen molar-refractivity contribution in [1.29, 1.82) is 5.26 Å². The smallest absolute Gasteiger partial charge is 0.302 e. The van der Waals surface area contributed by atoms with Gasteiger partial charge in [0.2, 0.25) is 0 Å². The molecule has 0 spiro atoms. The summed E-state index contributed by atoms with van der Waals surface area (Å²) < 4.78 is 5.07. The Morgan fingerprint density at radius 2 is 2.08 bits per heavy atom. The maximum atomic E-state index is 8.89. The zero-order chi connectivity index (χ0) is 9.15. The molecule has 66 valence electrons. The molecule has 0 bridgehead atoms. The van der Waals surface area contributed by atoms with Gasteiger partial charge in [0.1, 0.15) is 6.07 Å². The van der Waals surface area contributed by atoms with Crippen molar-refractivity contribution in [3.8, 4) is 6.07 Å². The normalized spacial score (nSPS) is 27.0. The average molecular weight is 177 g/mol. The van der Waals surface area contributed by atoms with E-state index in [1.807, 2.05) is 12.1 Å². The number of ether oxygens (including phenoxy) is 1. The van der Waals surface area contributed by atoms with Gasteiger partial charge in [0, 0.05) is 5.56 Å². The zero-order valence-electron chi connectivity index (χ0n) is 6.77. The van der Waals surface area contributed by atoms with Crippen molar-refractivity contribution in [3.05, 3.63) is 35.9 Å². The van der Waals surface area contributed by atoms with Crippen molar-refractivity contribution in [3.63, 3.8) is 0 Å². The summed E-state index contributed by atoms with van der Waals surface area (Å²) in [6, 6.07) is 10.9. The molecule has 1 saturated heterocycles. The minimum absolute atomic E-state index is 0.0253. The summed E-state index contributed by atoms with van der Waals surface area (Å²) in [5.41, 5.74) is 0.634. The average Bonchev–Trinajstić information content (AvgIpc) is 2.69. The number of benzene rings is 1. The molecule has 0 amide bonds. The molecule has 0 aromatic heterocycles. The van der Waals surface area contributed by atoms with Crippen molar-refractivity contribution in [2.75, 3.05) is 6.79 Å². The molecule has 0 N–H and O–H groups in total. The first kappa shape index (κ1) is 8.20. The molecule has 1 aromatic carbocycles. The summed E-state index contributed by atoms with van der Waals surface area (Å²) in [5.74, 6) is -1.39. The number of nitrogens with zero attached hydrogens (tertiary/aromatic N) is 1. The highest BCUT2D eigenvalue weighted by molar-refractivity contribution is 5.25. The molecule has 1 fully saturated rings. The third-order valence-corrected chi connectivity index (χ3v) is 1.79. The van der Waals surface area contributed by atoms with Gasteiger partial charge in [-0.2, -0.15) is 10.1 Å². The van der Waals surface area contributed by atoms with Crippen LogP contribution in [0.1, 0.15) is 5.56 Å². The molecule has 4 heteroatoms. The molecule has 1 aliphatic rings. The number of hydrogen-bond acceptors (Lipinski definition) is 4. The third kappa shape index (κ3) is 1.29. The Balaban J connectivity index is 2.38. The molecule has 0 radical (unpaired) electrons. The van der Waals surface area contributed by atoms with Crippen molar-refractivity contribution >= 4 is 0 Å². The monoisotopic (exact) mass is 177 g/mol. The van der Waals surface area contributed by atoms with Gasteiger partial charge in [-0.05, 0) is 0 Å². The SMILES string of the molecule is N#CC1(c2ccccc2)OCOO1. The van der Waals surface area contributed by atoms with E-state index in [0.717, 1.165) is 0 Å². The minimum Gasteiger partial charge on any atom is -0.302 e. The highest BCUT2D eigenvalue weighted by Gasteiger charge is 2.41. The summed E-state index contributed by atoms with van der Waals surface area (Å²) in [5, 5.41) is 8.89. The van der Waals surface area contributed by atoms with E-state index < -0.39 is 5.79 Å². The van der Waals surface area contributed by atoms with E-state index in [1.54, 1.807) is 24.3 Å². The fraction of sp³-hybridized carbons (Fsp3) is 0.222. The van der Waals surface area contributed by atoms with Crippen LogP contribution >= 0.6 is 0 Å². The second-order valence-electron chi connectivity index (χ2n) is 2.56. The molecule has 2 rings (SSSR count). The van der Waals surface area contributed by atoms with Crippen LogP contribution in [0, 0.1) is 11.3 Å². The maximum absolute atomic E-state index is 8.89. The standard InChI is InChI=1S/C9H7NO3/c10-6-9(11-7-12-13-9)8-4-2-1-3-5-8/h1-5H,7H2. The number of rotatable bonds is 1. The molecule has 0 saturated carbocycles. The topological polar surface area (TPSA) is 51.5 Å². The van der Waals surface area contributed by atoms with Crippen molar-refractivity contribution in [2.45, 2.75) is 5.79 Å². The van der Waals surface area contributed by atoms with Gasteiger partial charge in [-0.1, -0.05) is 30.3 Å². The lowest BCUT2D eigenvalue weighted by Crippen LogP contribution is -2.24. The molecule has 1 aromatic rings. The molecule has 1 atom stereocenters. The summed E-state index contributed by atoms with van der Waals surface area (Å²) >= 11 is 0. The van der Waals surface area contributed by atoms with Gasteiger partial charge in [-0.25, -0.2) is 4.89 Å². The van der Waals surface area contributed by atoms with E-state index >= 15 is 0 Å². The van der Waals surface area contributed by atoms with Gasteiger partial charge in [-0.3, -0.25) is 0 Å². The Morgan fingerprint density at radius 3 is 2.62 bits per heavy atom. The van der Waals surface area contributed by atoms with E-state index in [4.69, 9.17) is 14.9 Å². The van der Waals surface area contributed by atoms with Gasteiger partial charge in [-0.15, -0.1) is 0 Å². The first-order valence-corrected chi connectivity index (χ1v) is 3.79. The maximum Gasteiger partial charge on any atom is 0.317 e. The Kier molecular flexibility index (Phi) is 1.99. The van der Waals surface area contributed by atoms with Crippen LogP contribution in [0.25, 0.3) is 0 Å². The first-order valence-electron chi connectivity index (χ1n) is 3.79. The van der Waals surface area contributed by atoms with E-state index in [1.165, 1.54) is 0 Å². The van der Waals surface area contributed by atoms with Gasteiger partial charge in [0.25, 0.3) is 0 Å². The molecule has 1 heterocycles. The van der Waals surface area contributed by atoms with Crippen LogP contribution in [0.4, 0.5) is 0 Å². The predicted molar refractivity (Wildman–Crippen MR) is 41.9 cm³/mol. The highest BCUT2D eigenvalue weighted by Crippen LogP contribution is 2.30. The van der Waals surface area contributed by atoms with E-state index in [0.29, 0.717) is 5.56 Å². The van der Waals surface area contributed by atoms with Gasteiger partial charge >= 0.3 is 5.79 Å². The molecule has 13 heavy (non-hydrogen) atoms. The lowest BCUT2D eigenvalue weighted by molar-refractivity contribution is -0.306. The lowest BCUT2D eigenvalue weighted by atomic mass is 10.1. The first-order chi connectivity index (χ1) is 6.37. The van der Waals surface area contributed by atoms with Crippen LogP contribution in [0.2, 0.25) is 0 Å². The quantitative estimate of drug-likeness (QED) is 0.606. The van der Waals surface area contributed by atoms with Crippen molar-refractivity contribution in [1.82, 2.24) is 0 Å². The number of nitriles is 1. The molecule has 1 aliphatic heterocycles. The van der Waals surface area contributed by atoms with Crippen molar-refractivity contribution < 1.29 is 14.5 Å². The Morgan fingerprint density at radius 1 is 1.31 bits per heavy atom. The summed E-state index contributed by atoms with van der Waals surface area (Å²) in [6.45, 7) is -0.0253. The Bertz CT molecular complexity index is 324. The summed E-state index contributed by atoms with van der Waals surface area (Å²) in [6.07, 6.45) is 0. The molecule has 1 unspecified atom stereocenters. The Hall–Kier alpha value is -1.41. The van der Waals surface area contributed by atoms with E-state index in [2.05, 4.69) is 4.89 Å². The highest BCUT2D eigenvalue weighted by atomic mass is 17.3. The van der Waals surface area contributed by atoms with E-state index in [-0.39, 0.29) is 6.79 Å². The molecule has 0 aliphatic carbocycles. The molecule has 4 nitrogen and oxygen atoms in total.